The van der Waals surface area contributed by atoms with E-state index in [1.54, 1.807) is 13.0 Å². The van der Waals surface area contributed by atoms with Gasteiger partial charge in [0.05, 0.1) is 12.3 Å². The fourth-order valence-electron chi connectivity index (χ4n) is 1.48. The minimum Gasteiger partial charge on any atom is -0.465 e. The Morgan fingerprint density at radius 1 is 1.33 bits per heavy atom. The second kappa shape index (κ2) is 5.86. The molecule has 0 aliphatic carbocycles. The van der Waals surface area contributed by atoms with E-state index in [2.05, 4.69) is 10.2 Å². The molecule has 1 aromatic carbocycles. The second-order valence-corrected chi connectivity index (χ2v) is 3.58. The highest BCUT2D eigenvalue weighted by molar-refractivity contribution is 5.71. The summed E-state index contributed by atoms with van der Waals surface area (Å²) in [6, 6.07) is 11.5. The number of aromatic nitrogens is 2. The van der Waals surface area contributed by atoms with Crippen LogP contribution in [-0.2, 0) is 9.53 Å². The van der Waals surface area contributed by atoms with Crippen LogP contribution in [0.5, 0.6) is 5.88 Å². The van der Waals surface area contributed by atoms with Gasteiger partial charge >= 0.3 is 5.97 Å². The number of H-pyrrole nitrogens is 1. The van der Waals surface area contributed by atoms with Gasteiger partial charge in [-0.05, 0) is 12.5 Å². The first-order valence-corrected chi connectivity index (χ1v) is 5.69. The van der Waals surface area contributed by atoms with Crippen molar-refractivity contribution in [1.82, 2.24) is 10.2 Å². The third-order valence-electron chi connectivity index (χ3n) is 2.28. The Kier molecular flexibility index (Phi) is 3.96. The first-order chi connectivity index (χ1) is 8.79. The molecule has 2 aromatic rings. The number of hydrogen-bond acceptors (Lipinski definition) is 4. The standard InChI is InChI=1S/C13H14N2O3/c1-2-17-13(16)9-18-12-8-11(14-15-12)10-6-4-3-5-7-10/h3-8H,2,9H2,1H3,(H,14,15). The van der Waals surface area contributed by atoms with Crippen LogP contribution in [0.2, 0.25) is 0 Å². The molecule has 0 aliphatic rings. The van der Waals surface area contributed by atoms with Crippen LogP contribution in [0.1, 0.15) is 6.92 Å². The first-order valence-electron chi connectivity index (χ1n) is 5.69. The minimum atomic E-state index is -0.401. The van der Waals surface area contributed by atoms with Gasteiger partial charge < -0.3 is 9.47 Å². The summed E-state index contributed by atoms with van der Waals surface area (Å²) < 4.78 is 9.96. The fraction of sp³-hybridized carbons (Fsp3) is 0.231. The first kappa shape index (κ1) is 12.2. The van der Waals surface area contributed by atoms with E-state index in [0.717, 1.165) is 11.3 Å². The molecule has 0 spiro atoms. The number of rotatable bonds is 5. The van der Waals surface area contributed by atoms with Gasteiger partial charge in [-0.15, -0.1) is 5.10 Å². The van der Waals surface area contributed by atoms with Crippen molar-refractivity contribution in [1.29, 1.82) is 0 Å². The van der Waals surface area contributed by atoms with E-state index < -0.39 is 5.97 Å². The van der Waals surface area contributed by atoms with Gasteiger partial charge in [-0.1, -0.05) is 30.3 Å². The molecule has 0 unspecified atom stereocenters. The molecule has 1 aromatic heterocycles. The average Bonchev–Trinajstić information content (AvgIpc) is 2.87. The molecule has 0 radical (unpaired) electrons. The third-order valence-corrected chi connectivity index (χ3v) is 2.28. The van der Waals surface area contributed by atoms with Crippen molar-refractivity contribution in [3.8, 4) is 17.1 Å². The lowest BCUT2D eigenvalue weighted by atomic mass is 10.2. The Labute approximate surface area is 105 Å². The number of esters is 1. The quantitative estimate of drug-likeness (QED) is 0.820. The molecule has 1 heterocycles. The van der Waals surface area contributed by atoms with Crippen molar-refractivity contribution >= 4 is 5.97 Å². The van der Waals surface area contributed by atoms with Gasteiger partial charge in [0, 0.05) is 6.07 Å². The summed E-state index contributed by atoms with van der Waals surface area (Å²) >= 11 is 0. The van der Waals surface area contributed by atoms with Crippen LogP contribution in [-0.4, -0.2) is 29.4 Å². The summed E-state index contributed by atoms with van der Waals surface area (Å²) in [5, 5.41) is 6.82. The topological polar surface area (TPSA) is 64.2 Å². The molecule has 1 N–H and O–H groups in total. The lowest BCUT2D eigenvalue weighted by Crippen LogP contribution is -2.14. The van der Waals surface area contributed by atoms with Crippen molar-refractivity contribution in [2.24, 2.45) is 0 Å². The van der Waals surface area contributed by atoms with Crippen molar-refractivity contribution in [2.75, 3.05) is 13.2 Å². The predicted octanol–water partition coefficient (Wildman–Crippen LogP) is 2.02. The van der Waals surface area contributed by atoms with Crippen LogP contribution in [0.15, 0.2) is 36.4 Å². The van der Waals surface area contributed by atoms with Crippen molar-refractivity contribution in [3.05, 3.63) is 36.4 Å². The smallest absolute Gasteiger partial charge is 0.344 e. The van der Waals surface area contributed by atoms with E-state index >= 15 is 0 Å². The molecular formula is C13H14N2O3. The predicted molar refractivity (Wildman–Crippen MR) is 66.2 cm³/mol. The van der Waals surface area contributed by atoms with Gasteiger partial charge in [-0.3, -0.25) is 5.10 Å². The Hall–Kier alpha value is -2.30. The molecule has 0 saturated heterocycles. The number of carbonyl (C=O) groups excluding carboxylic acids is 1. The summed E-state index contributed by atoms with van der Waals surface area (Å²) in [6.45, 7) is 1.96. The van der Waals surface area contributed by atoms with E-state index in [-0.39, 0.29) is 6.61 Å². The van der Waals surface area contributed by atoms with E-state index in [1.165, 1.54) is 0 Å². The maximum absolute atomic E-state index is 11.1. The van der Waals surface area contributed by atoms with Gasteiger partial charge in [0.1, 0.15) is 0 Å². The summed E-state index contributed by atoms with van der Waals surface area (Å²) in [5.74, 6) is -0.0244. The maximum Gasteiger partial charge on any atom is 0.344 e. The molecule has 5 heteroatoms. The van der Waals surface area contributed by atoms with E-state index in [4.69, 9.17) is 9.47 Å². The zero-order chi connectivity index (χ0) is 12.8. The van der Waals surface area contributed by atoms with Crippen LogP contribution in [0.3, 0.4) is 0 Å². The van der Waals surface area contributed by atoms with E-state index in [1.807, 2.05) is 30.3 Å². The van der Waals surface area contributed by atoms with Gasteiger partial charge in [0.25, 0.3) is 0 Å². The van der Waals surface area contributed by atoms with Gasteiger partial charge in [-0.2, -0.15) is 0 Å². The monoisotopic (exact) mass is 246 g/mol. The molecular weight excluding hydrogens is 232 g/mol. The number of nitrogens with zero attached hydrogens (tertiary/aromatic N) is 1. The highest BCUT2D eigenvalue weighted by atomic mass is 16.6. The SMILES string of the molecule is CCOC(=O)COc1cc(-c2ccccc2)[nH]n1. The van der Waals surface area contributed by atoms with Crippen LogP contribution in [0.4, 0.5) is 0 Å². The largest absolute Gasteiger partial charge is 0.465 e. The van der Waals surface area contributed by atoms with Crippen LogP contribution in [0, 0.1) is 0 Å². The van der Waals surface area contributed by atoms with Gasteiger partial charge in [0.15, 0.2) is 6.61 Å². The lowest BCUT2D eigenvalue weighted by Gasteiger charge is -2.01. The molecule has 0 saturated carbocycles. The molecule has 0 fully saturated rings. The highest BCUT2D eigenvalue weighted by Gasteiger charge is 2.07. The Morgan fingerprint density at radius 3 is 2.83 bits per heavy atom. The van der Waals surface area contributed by atoms with Gasteiger partial charge in [0.2, 0.25) is 5.88 Å². The Bertz CT molecular complexity index is 508. The highest BCUT2D eigenvalue weighted by Crippen LogP contribution is 2.20. The van der Waals surface area contributed by atoms with Crippen LogP contribution in [0.25, 0.3) is 11.3 Å². The Morgan fingerprint density at radius 2 is 2.11 bits per heavy atom. The number of carbonyl (C=O) groups is 1. The summed E-state index contributed by atoms with van der Waals surface area (Å²) in [4.78, 5) is 11.1. The zero-order valence-electron chi connectivity index (χ0n) is 10.1. The number of hydrogen-bond donors (Lipinski definition) is 1. The molecule has 0 aliphatic heterocycles. The fourth-order valence-corrected chi connectivity index (χ4v) is 1.48. The van der Waals surface area contributed by atoms with E-state index in [0.29, 0.717) is 12.5 Å². The van der Waals surface area contributed by atoms with Crippen molar-refractivity contribution in [2.45, 2.75) is 6.92 Å². The maximum atomic E-state index is 11.1. The number of ether oxygens (including phenoxy) is 2. The zero-order valence-corrected chi connectivity index (χ0v) is 10.1. The molecule has 5 nitrogen and oxygen atoms in total. The summed E-state index contributed by atoms with van der Waals surface area (Å²) in [5.41, 5.74) is 1.85. The Balaban J connectivity index is 1.97. The van der Waals surface area contributed by atoms with Crippen molar-refractivity contribution in [3.63, 3.8) is 0 Å². The number of benzene rings is 1. The average molecular weight is 246 g/mol. The van der Waals surface area contributed by atoms with E-state index in [9.17, 15) is 4.79 Å². The minimum absolute atomic E-state index is 0.132. The number of aromatic amines is 1. The summed E-state index contributed by atoms with van der Waals surface area (Å²) in [6.07, 6.45) is 0. The third kappa shape index (κ3) is 3.10. The molecule has 2 rings (SSSR count). The second-order valence-electron chi connectivity index (χ2n) is 3.58. The summed E-state index contributed by atoms with van der Waals surface area (Å²) in [7, 11) is 0. The van der Waals surface area contributed by atoms with Crippen LogP contribution >= 0.6 is 0 Å². The van der Waals surface area contributed by atoms with Crippen LogP contribution < -0.4 is 4.74 Å². The van der Waals surface area contributed by atoms with Gasteiger partial charge in [-0.25, -0.2) is 4.79 Å². The molecule has 94 valence electrons. The normalized spacial score (nSPS) is 10.1. The molecule has 18 heavy (non-hydrogen) atoms. The lowest BCUT2D eigenvalue weighted by molar-refractivity contribution is -0.145. The molecule has 0 atom stereocenters. The van der Waals surface area contributed by atoms with Crippen molar-refractivity contribution < 1.29 is 14.3 Å². The molecule has 0 amide bonds. The molecule has 0 bridgehead atoms. The number of nitrogens with one attached hydrogen (secondary N) is 1.